The van der Waals surface area contributed by atoms with Gasteiger partial charge in [-0.2, -0.15) is 0 Å². The molecule has 0 aromatic heterocycles. The summed E-state index contributed by atoms with van der Waals surface area (Å²) in [6.45, 7) is 2.09. The average molecular weight is 537 g/mol. The van der Waals surface area contributed by atoms with E-state index in [0.29, 0.717) is 17.9 Å². The molecule has 39 heavy (non-hydrogen) atoms. The van der Waals surface area contributed by atoms with Gasteiger partial charge in [0.15, 0.2) is 0 Å². The molecule has 0 saturated heterocycles. The standard InChI is InChI=1S/C32H28N2O4S/c1-2-38-30(35)22-39-28-15-9-14-27(21-28)33-32(37)29(34-31(36)26-12-7-4-8-13-26)20-23-16-18-25(19-17-23)24-10-5-3-6-11-24/h3-21H,2,22H2,1H3,(H,33,37)(H,34,36)/b29-20+. The van der Waals surface area contributed by atoms with E-state index in [-0.39, 0.29) is 17.4 Å². The zero-order valence-corrected chi connectivity index (χ0v) is 22.2. The molecule has 4 rings (SSSR count). The SMILES string of the molecule is CCOC(=O)CSc1cccc(NC(=O)/C(=C\c2ccc(-c3ccccc3)cc2)NC(=O)c2ccccc2)c1. The second-order valence-electron chi connectivity index (χ2n) is 8.44. The lowest BCUT2D eigenvalue weighted by atomic mass is 10.0. The third-order valence-corrected chi connectivity index (χ3v) is 6.58. The van der Waals surface area contributed by atoms with E-state index in [1.54, 1.807) is 55.5 Å². The van der Waals surface area contributed by atoms with Gasteiger partial charge in [-0.3, -0.25) is 14.4 Å². The van der Waals surface area contributed by atoms with Crippen LogP contribution in [0.1, 0.15) is 22.8 Å². The molecule has 0 saturated carbocycles. The lowest BCUT2D eigenvalue weighted by Gasteiger charge is -2.12. The fourth-order valence-electron chi connectivity index (χ4n) is 3.72. The van der Waals surface area contributed by atoms with Gasteiger partial charge in [-0.05, 0) is 60.0 Å². The molecule has 0 aliphatic rings. The van der Waals surface area contributed by atoms with Crippen LogP contribution in [0.5, 0.6) is 0 Å². The van der Waals surface area contributed by atoms with Gasteiger partial charge in [-0.1, -0.05) is 78.9 Å². The van der Waals surface area contributed by atoms with Crippen LogP contribution in [0.4, 0.5) is 5.69 Å². The van der Waals surface area contributed by atoms with Crippen molar-refractivity contribution >= 4 is 41.3 Å². The van der Waals surface area contributed by atoms with Gasteiger partial charge >= 0.3 is 5.97 Å². The third-order valence-electron chi connectivity index (χ3n) is 5.61. The predicted molar refractivity (Wildman–Crippen MR) is 156 cm³/mol. The minimum atomic E-state index is -0.473. The van der Waals surface area contributed by atoms with Crippen LogP contribution in [-0.2, 0) is 14.3 Å². The van der Waals surface area contributed by atoms with Gasteiger partial charge in [-0.25, -0.2) is 0 Å². The van der Waals surface area contributed by atoms with Gasteiger partial charge in [0, 0.05) is 16.1 Å². The van der Waals surface area contributed by atoms with Crippen molar-refractivity contribution in [1.29, 1.82) is 0 Å². The second-order valence-corrected chi connectivity index (χ2v) is 9.49. The van der Waals surface area contributed by atoms with Crippen LogP contribution in [-0.4, -0.2) is 30.1 Å². The number of carbonyl (C=O) groups is 3. The molecule has 6 nitrogen and oxygen atoms in total. The molecule has 196 valence electrons. The topological polar surface area (TPSA) is 84.5 Å². The first-order valence-electron chi connectivity index (χ1n) is 12.5. The highest BCUT2D eigenvalue weighted by atomic mass is 32.2. The van der Waals surface area contributed by atoms with Crippen LogP contribution in [0.15, 0.2) is 120 Å². The summed E-state index contributed by atoms with van der Waals surface area (Å²) in [4.78, 5) is 38.8. The van der Waals surface area contributed by atoms with Crippen LogP contribution in [0.25, 0.3) is 17.2 Å². The van der Waals surface area contributed by atoms with Crippen molar-refractivity contribution in [1.82, 2.24) is 5.32 Å². The van der Waals surface area contributed by atoms with Crippen LogP contribution in [0.2, 0.25) is 0 Å². The number of nitrogens with one attached hydrogen (secondary N) is 2. The monoisotopic (exact) mass is 536 g/mol. The minimum Gasteiger partial charge on any atom is -0.465 e. The van der Waals surface area contributed by atoms with Gasteiger partial charge in [0.05, 0.1) is 12.4 Å². The highest BCUT2D eigenvalue weighted by Gasteiger charge is 2.15. The first-order valence-corrected chi connectivity index (χ1v) is 13.4. The molecule has 0 aliphatic carbocycles. The maximum atomic E-state index is 13.4. The maximum absolute atomic E-state index is 13.4. The van der Waals surface area contributed by atoms with Crippen molar-refractivity contribution in [2.45, 2.75) is 11.8 Å². The molecule has 0 heterocycles. The van der Waals surface area contributed by atoms with Crippen LogP contribution < -0.4 is 10.6 Å². The summed E-state index contributed by atoms with van der Waals surface area (Å²) in [7, 11) is 0. The number of thioether (sulfide) groups is 1. The molecule has 2 amide bonds. The number of anilines is 1. The zero-order valence-electron chi connectivity index (χ0n) is 21.4. The molecule has 0 spiro atoms. The Balaban J connectivity index is 1.55. The fraction of sp³-hybridized carbons (Fsp3) is 0.0938. The van der Waals surface area contributed by atoms with E-state index in [4.69, 9.17) is 4.74 Å². The molecule has 7 heteroatoms. The van der Waals surface area contributed by atoms with Crippen molar-refractivity contribution in [3.05, 3.63) is 126 Å². The number of carbonyl (C=O) groups excluding carboxylic acids is 3. The molecule has 0 bridgehead atoms. The number of hydrogen-bond acceptors (Lipinski definition) is 5. The third kappa shape index (κ3) is 8.18. The molecule has 4 aromatic rings. The Morgan fingerprint density at radius 1 is 0.795 bits per heavy atom. The molecule has 0 unspecified atom stereocenters. The molecule has 0 fully saturated rings. The van der Waals surface area contributed by atoms with Crippen molar-refractivity contribution < 1.29 is 19.1 Å². The van der Waals surface area contributed by atoms with E-state index in [1.807, 2.05) is 66.7 Å². The lowest BCUT2D eigenvalue weighted by Crippen LogP contribution is -2.30. The Hall–Kier alpha value is -4.62. The molecule has 0 atom stereocenters. The number of hydrogen-bond donors (Lipinski definition) is 2. The van der Waals surface area contributed by atoms with Gasteiger partial charge in [-0.15, -0.1) is 11.8 Å². The molecular weight excluding hydrogens is 508 g/mol. The first kappa shape index (κ1) is 27.4. The molecule has 2 N–H and O–H groups in total. The largest absolute Gasteiger partial charge is 0.465 e. The van der Waals surface area contributed by atoms with Gasteiger partial charge < -0.3 is 15.4 Å². The number of amides is 2. The van der Waals surface area contributed by atoms with Gasteiger partial charge in [0.1, 0.15) is 5.70 Å². The van der Waals surface area contributed by atoms with E-state index >= 15 is 0 Å². The summed E-state index contributed by atoms with van der Waals surface area (Å²) < 4.78 is 4.98. The number of esters is 1. The molecule has 4 aromatic carbocycles. The Morgan fingerprint density at radius 2 is 1.46 bits per heavy atom. The Bertz CT molecular complexity index is 1450. The predicted octanol–water partition coefficient (Wildman–Crippen LogP) is 6.42. The van der Waals surface area contributed by atoms with E-state index in [1.165, 1.54) is 11.8 Å². The zero-order chi connectivity index (χ0) is 27.5. The Labute approximate surface area is 232 Å². The van der Waals surface area contributed by atoms with Crippen LogP contribution >= 0.6 is 11.8 Å². The summed E-state index contributed by atoms with van der Waals surface area (Å²) in [6, 6.07) is 33.6. The molecule has 0 aliphatic heterocycles. The van der Waals surface area contributed by atoms with Crippen LogP contribution in [0.3, 0.4) is 0 Å². The highest BCUT2D eigenvalue weighted by molar-refractivity contribution is 8.00. The first-order chi connectivity index (χ1) is 19.0. The average Bonchev–Trinajstić information content (AvgIpc) is 2.97. The summed E-state index contributed by atoms with van der Waals surface area (Å²) in [5.74, 6) is -0.998. The molecule has 0 radical (unpaired) electrons. The minimum absolute atomic E-state index is 0.0980. The van der Waals surface area contributed by atoms with Gasteiger partial charge in [0.2, 0.25) is 0 Å². The van der Waals surface area contributed by atoms with E-state index in [0.717, 1.165) is 21.6 Å². The highest BCUT2D eigenvalue weighted by Crippen LogP contribution is 2.23. The lowest BCUT2D eigenvalue weighted by molar-refractivity contribution is -0.139. The number of benzene rings is 4. The second kappa shape index (κ2) is 13.8. The summed E-state index contributed by atoms with van der Waals surface area (Å²) in [6.07, 6.45) is 1.64. The normalized spacial score (nSPS) is 10.9. The van der Waals surface area contributed by atoms with Gasteiger partial charge in [0.25, 0.3) is 11.8 Å². The Morgan fingerprint density at radius 3 is 2.15 bits per heavy atom. The summed E-state index contributed by atoms with van der Waals surface area (Å²) in [5, 5.41) is 5.62. The molecular formula is C32H28N2O4S. The smallest absolute Gasteiger partial charge is 0.316 e. The fourth-order valence-corrected chi connectivity index (χ4v) is 4.47. The number of rotatable bonds is 10. The van der Waals surface area contributed by atoms with Crippen molar-refractivity contribution in [3.8, 4) is 11.1 Å². The quantitative estimate of drug-likeness (QED) is 0.139. The van der Waals surface area contributed by atoms with Crippen molar-refractivity contribution in [2.24, 2.45) is 0 Å². The van der Waals surface area contributed by atoms with E-state index < -0.39 is 11.8 Å². The summed E-state index contributed by atoms with van der Waals surface area (Å²) >= 11 is 1.32. The Kier molecular flexibility index (Phi) is 9.69. The van der Waals surface area contributed by atoms with Crippen LogP contribution in [0, 0.1) is 0 Å². The van der Waals surface area contributed by atoms with E-state index in [9.17, 15) is 14.4 Å². The van der Waals surface area contributed by atoms with E-state index in [2.05, 4.69) is 10.6 Å². The number of ether oxygens (including phenoxy) is 1. The maximum Gasteiger partial charge on any atom is 0.316 e. The summed E-state index contributed by atoms with van der Waals surface area (Å²) in [5.41, 5.74) is 3.96. The van der Waals surface area contributed by atoms with Crippen molar-refractivity contribution in [3.63, 3.8) is 0 Å². The van der Waals surface area contributed by atoms with Crippen molar-refractivity contribution in [2.75, 3.05) is 17.7 Å².